The van der Waals surface area contributed by atoms with Gasteiger partial charge in [0.15, 0.2) is 5.43 Å². The number of aryl methyl sites for hydroxylation is 1. The predicted molar refractivity (Wildman–Crippen MR) is 56.5 cm³/mol. The highest BCUT2D eigenvalue weighted by Gasteiger charge is 2.19. The molecule has 1 N–H and O–H groups in total. The van der Waals surface area contributed by atoms with Crippen LogP contribution in [0.5, 0.6) is 0 Å². The zero-order valence-electron chi connectivity index (χ0n) is 8.44. The number of H-pyrrole nitrogens is 1. The van der Waals surface area contributed by atoms with Gasteiger partial charge in [-0.15, -0.1) is 0 Å². The number of rotatable bonds is 0. The summed E-state index contributed by atoms with van der Waals surface area (Å²) < 4.78 is 26.5. The SMILES string of the molecule is O=c1c2c([nH]c3cc(F)cc(F)c13)CCC2. The Balaban J connectivity index is 2.51. The number of hydrogen-bond acceptors (Lipinski definition) is 1. The van der Waals surface area contributed by atoms with E-state index in [2.05, 4.69) is 4.98 Å². The molecule has 1 aromatic heterocycles. The first kappa shape index (κ1) is 9.51. The van der Waals surface area contributed by atoms with Crippen molar-refractivity contribution < 1.29 is 8.78 Å². The van der Waals surface area contributed by atoms with E-state index in [9.17, 15) is 13.6 Å². The van der Waals surface area contributed by atoms with E-state index in [1.807, 2.05) is 0 Å². The molecule has 0 fully saturated rings. The molecule has 2 nitrogen and oxygen atoms in total. The van der Waals surface area contributed by atoms with Gasteiger partial charge in [0, 0.05) is 17.3 Å². The first-order chi connectivity index (χ1) is 7.66. The number of aromatic nitrogens is 1. The van der Waals surface area contributed by atoms with Gasteiger partial charge in [0.05, 0.1) is 10.9 Å². The Kier molecular flexibility index (Phi) is 1.87. The van der Waals surface area contributed by atoms with Crippen LogP contribution in [0.2, 0.25) is 0 Å². The van der Waals surface area contributed by atoms with Crippen molar-refractivity contribution in [3.05, 3.63) is 45.2 Å². The molecule has 1 aliphatic rings. The van der Waals surface area contributed by atoms with Gasteiger partial charge in [-0.2, -0.15) is 0 Å². The van der Waals surface area contributed by atoms with Gasteiger partial charge in [0.1, 0.15) is 11.6 Å². The average molecular weight is 221 g/mol. The monoisotopic (exact) mass is 221 g/mol. The van der Waals surface area contributed by atoms with Crippen LogP contribution in [0, 0.1) is 11.6 Å². The lowest BCUT2D eigenvalue weighted by atomic mass is 10.1. The van der Waals surface area contributed by atoms with E-state index in [1.165, 1.54) is 6.07 Å². The van der Waals surface area contributed by atoms with E-state index in [0.29, 0.717) is 12.0 Å². The van der Waals surface area contributed by atoms with Crippen molar-refractivity contribution in [3.8, 4) is 0 Å². The molecule has 1 heterocycles. The number of fused-ring (bicyclic) bond motifs is 2. The van der Waals surface area contributed by atoms with E-state index in [1.54, 1.807) is 0 Å². The first-order valence-electron chi connectivity index (χ1n) is 5.19. The average Bonchev–Trinajstić information content (AvgIpc) is 2.64. The minimum atomic E-state index is -0.786. The summed E-state index contributed by atoms with van der Waals surface area (Å²) >= 11 is 0. The molecule has 1 aliphatic carbocycles. The van der Waals surface area contributed by atoms with E-state index in [0.717, 1.165) is 24.6 Å². The summed E-state index contributed by atoms with van der Waals surface area (Å²) in [4.78, 5) is 14.9. The number of nitrogens with one attached hydrogen (secondary N) is 1. The molecule has 0 unspecified atom stereocenters. The molecule has 0 bridgehead atoms. The Bertz CT molecular complexity index is 645. The molecule has 0 spiro atoms. The van der Waals surface area contributed by atoms with Crippen LogP contribution in [0.25, 0.3) is 10.9 Å². The van der Waals surface area contributed by atoms with Crippen molar-refractivity contribution >= 4 is 10.9 Å². The molecule has 3 rings (SSSR count). The molecule has 0 aliphatic heterocycles. The number of hydrogen-bond donors (Lipinski definition) is 1. The van der Waals surface area contributed by atoms with Crippen LogP contribution in [0.15, 0.2) is 16.9 Å². The lowest BCUT2D eigenvalue weighted by Gasteiger charge is -2.04. The molecule has 0 atom stereocenters. The Morgan fingerprint density at radius 2 is 2.00 bits per heavy atom. The summed E-state index contributed by atoms with van der Waals surface area (Å²) in [5.41, 5.74) is 1.43. The highest BCUT2D eigenvalue weighted by atomic mass is 19.1. The fourth-order valence-electron chi connectivity index (χ4n) is 2.35. The number of pyridine rings is 1. The standard InChI is InChI=1S/C12H9F2NO/c13-6-4-8(14)11-10(5-6)15-9-3-1-2-7(9)12(11)16/h4-5H,1-3H2,(H,15,16). The quantitative estimate of drug-likeness (QED) is 0.727. The van der Waals surface area contributed by atoms with Gasteiger partial charge in [0.2, 0.25) is 0 Å². The van der Waals surface area contributed by atoms with Gasteiger partial charge in [-0.3, -0.25) is 4.79 Å². The third kappa shape index (κ3) is 1.19. The maximum atomic E-state index is 13.5. The van der Waals surface area contributed by atoms with Crippen molar-refractivity contribution in [1.29, 1.82) is 0 Å². The van der Waals surface area contributed by atoms with Gasteiger partial charge in [-0.05, 0) is 25.3 Å². The molecule has 82 valence electrons. The summed E-state index contributed by atoms with van der Waals surface area (Å²) in [6.07, 6.45) is 2.34. The van der Waals surface area contributed by atoms with Gasteiger partial charge in [0.25, 0.3) is 0 Å². The summed E-state index contributed by atoms with van der Waals surface area (Å²) in [6, 6.07) is 1.91. The lowest BCUT2D eigenvalue weighted by molar-refractivity contribution is 0.591. The van der Waals surface area contributed by atoms with Gasteiger partial charge in [-0.25, -0.2) is 8.78 Å². The molecule has 4 heteroatoms. The van der Waals surface area contributed by atoms with Crippen LogP contribution in [0.3, 0.4) is 0 Å². The van der Waals surface area contributed by atoms with Crippen molar-refractivity contribution in [2.75, 3.05) is 0 Å². The Hall–Kier alpha value is -1.71. The Morgan fingerprint density at radius 3 is 2.81 bits per heavy atom. The van der Waals surface area contributed by atoms with Crippen LogP contribution in [0.1, 0.15) is 17.7 Å². The molecule has 16 heavy (non-hydrogen) atoms. The second-order valence-corrected chi connectivity index (χ2v) is 4.07. The summed E-state index contributed by atoms with van der Waals surface area (Å²) in [5.74, 6) is -1.45. The molecule has 2 aromatic rings. The molecule has 0 saturated heterocycles. The Labute approximate surface area is 89.9 Å². The number of aromatic amines is 1. The fraction of sp³-hybridized carbons (Fsp3) is 0.250. The molecule has 0 saturated carbocycles. The van der Waals surface area contributed by atoms with Crippen molar-refractivity contribution in [2.45, 2.75) is 19.3 Å². The van der Waals surface area contributed by atoms with Crippen LogP contribution in [-0.4, -0.2) is 4.98 Å². The van der Waals surface area contributed by atoms with Crippen molar-refractivity contribution in [2.24, 2.45) is 0 Å². The third-order valence-electron chi connectivity index (χ3n) is 3.06. The second kappa shape index (κ2) is 3.14. The largest absolute Gasteiger partial charge is 0.358 e. The van der Waals surface area contributed by atoms with E-state index in [4.69, 9.17) is 0 Å². The highest BCUT2D eigenvalue weighted by Crippen LogP contribution is 2.22. The van der Waals surface area contributed by atoms with E-state index < -0.39 is 11.6 Å². The van der Waals surface area contributed by atoms with E-state index >= 15 is 0 Å². The second-order valence-electron chi connectivity index (χ2n) is 4.07. The van der Waals surface area contributed by atoms with Crippen LogP contribution >= 0.6 is 0 Å². The minimum absolute atomic E-state index is 0.0259. The fourth-order valence-corrected chi connectivity index (χ4v) is 2.35. The van der Waals surface area contributed by atoms with Crippen molar-refractivity contribution in [1.82, 2.24) is 4.98 Å². The summed E-state index contributed by atoms with van der Waals surface area (Å²) in [5, 5.41) is -0.0259. The zero-order chi connectivity index (χ0) is 11.3. The zero-order valence-corrected chi connectivity index (χ0v) is 8.44. The highest BCUT2D eigenvalue weighted by molar-refractivity contribution is 5.80. The molecular formula is C12H9F2NO. The van der Waals surface area contributed by atoms with Crippen molar-refractivity contribution in [3.63, 3.8) is 0 Å². The van der Waals surface area contributed by atoms with Gasteiger partial charge < -0.3 is 4.98 Å². The smallest absolute Gasteiger partial charge is 0.195 e. The summed E-state index contributed by atoms with van der Waals surface area (Å²) in [6.45, 7) is 0. The minimum Gasteiger partial charge on any atom is -0.358 e. The number of benzene rings is 1. The topological polar surface area (TPSA) is 32.9 Å². The molecule has 0 radical (unpaired) electrons. The van der Waals surface area contributed by atoms with Gasteiger partial charge in [-0.1, -0.05) is 0 Å². The predicted octanol–water partition coefficient (Wildman–Crippen LogP) is 2.29. The maximum Gasteiger partial charge on any atom is 0.195 e. The normalized spacial score (nSPS) is 14.4. The molecular weight excluding hydrogens is 212 g/mol. The van der Waals surface area contributed by atoms with Gasteiger partial charge >= 0.3 is 0 Å². The molecule has 1 aromatic carbocycles. The van der Waals surface area contributed by atoms with E-state index in [-0.39, 0.29) is 16.3 Å². The summed E-state index contributed by atoms with van der Waals surface area (Å²) in [7, 11) is 0. The number of halogens is 2. The van der Waals surface area contributed by atoms with Crippen LogP contribution < -0.4 is 5.43 Å². The van der Waals surface area contributed by atoms with Crippen LogP contribution in [0.4, 0.5) is 8.78 Å². The lowest BCUT2D eigenvalue weighted by Crippen LogP contribution is -2.12. The maximum absolute atomic E-state index is 13.5. The van der Waals surface area contributed by atoms with Crippen LogP contribution in [-0.2, 0) is 12.8 Å². The molecule has 0 amide bonds. The first-order valence-corrected chi connectivity index (χ1v) is 5.19. The Morgan fingerprint density at radius 1 is 1.19 bits per heavy atom. The third-order valence-corrected chi connectivity index (χ3v) is 3.06.